The largest absolute Gasteiger partial charge is 0.495 e. The number of carbonyl (C=O) groups excluding carboxylic acids is 2. The second-order valence-corrected chi connectivity index (χ2v) is 9.45. The number of ketones is 1. The van der Waals surface area contributed by atoms with Crippen molar-refractivity contribution in [2.45, 2.75) is 24.2 Å². The minimum atomic E-state index is -3.76. The van der Waals surface area contributed by atoms with E-state index in [9.17, 15) is 28.1 Å². The molecule has 0 radical (unpaired) electrons. The van der Waals surface area contributed by atoms with E-state index < -0.39 is 33.3 Å². The number of carbonyl (C=O) groups is 2. The molecule has 0 spiro atoms. The molecule has 0 N–H and O–H groups in total. The predicted octanol–water partition coefficient (Wildman–Crippen LogP) is 3.22. The number of rotatable bonds is 9. The summed E-state index contributed by atoms with van der Waals surface area (Å²) in [6.45, 7) is 0.286. The van der Waals surface area contributed by atoms with Crippen LogP contribution in [0, 0.1) is 10.1 Å². The van der Waals surface area contributed by atoms with Gasteiger partial charge in [-0.2, -0.15) is 4.31 Å². The van der Waals surface area contributed by atoms with Gasteiger partial charge in [-0.1, -0.05) is 24.6 Å². The lowest BCUT2D eigenvalue weighted by Crippen LogP contribution is -2.35. The zero-order valence-corrected chi connectivity index (χ0v) is 19.3. The van der Waals surface area contributed by atoms with Gasteiger partial charge in [0.2, 0.25) is 15.8 Å². The molecule has 0 amide bonds. The molecule has 1 saturated heterocycles. The molecule has 1 heterocycles. The normalized spacial score (nSPS) is 14.6. The summed E-state index contributed by atoms with van der Waals surface area (Å²) < 4.78 is 37.8. The van der Waals surface area contributed by atoms with Crippen LogP contribution in [-0.2, 0) is 19.6 Å². The van der Waals surface area contributed by atoms with Crippen molar-refractivity contribution < 1.29 is 32.4 Å². The van der Waals surface area contributed by atoms with E-state index in [4.69, 9.17) is 9.47 Å². The summed E-state index contributed by atoms with van der Waals surface area (Å²) >= 11 is 0. The average Bonchev–Trinajstić information content (AvgIpc) is 2.86. The van der Waals surface area contributed by atoms with Gasteiger partial charge in [-0.05, 0) is 36.6 Å². The number of benzene rings is 2. The molecular weight excluding hydrogens is 464 g/mol. The lowest BCUT2D eigenvalue weighted by Gasteiger charge is -2.26. The van der Waals surface area contributed by atoms with E-state index in [0.717, 1.165) is 31.4 Å². The third-order valence-electron chi connectivity index (χ3n) is 5.26. The highest BCUT2D eigenvalue weighted by Crippen LogP contribution is 2.30. The highest BCUT2D eigenvalue weighted by atomic mass is 32.2. The van der Waals surface area contributed by atoms with Gasteiger partial charge in [0.1, 0.15) is 10.6 Å². The number of ether oxygens (including phenoxy) is 2. The smallest absolute Gasteiger partial charge is 0.331 e. The fourth-order valence-corrected chi connectivity index (χ4v) is 5.18. The summed E-state index contributed by atoms with van der Waals surface area (Å²) in [6.07, 6.45) is 5.01. The Morgan fingerprint density at radius 2 is 1.85 bits per heavy atom. The number of hydrogen-bond donors (Lipinski definition) is 0. The van der Waals surface area contributed by atoms with E-state index >= 15 is 0 Å². The van der Waals surface area contributed by atoms with Crippen molar-refractivity contribution in [2.75, 3.05) is 26.8 Å². The van der Waals surface area contributed by atoms with Gasteiger partial charge in [0.25, 0.3) is 5.69 Å². The monoisotopic (exact) mass is 488 g/mol. The molecule has 2 aromatic carbocycles. The van der Waals surface area contributed by atoms with E-state index in [1.807, 2.05) is 0 Å². The molecule has 11 heteroatoms. The lowest BCUT2D eigenvalue weighted by atomic mass is 10.1. The second-order valence-electron chi connectivity index (χ2n) is 7.55. The maximum absolute atomic E-state index is 13.1. The number of nitro groups is 1. The van der Waals surface area contributed by atoms with Gasteiger partial charge >= 0.3 is 5.97 Å². The molecule has 0 aliphatic carbocycles. The second kappa shape index (κ2) is 11.0. The summed E-state index contributed by atoms with van der Waals surface area (Å²) in [6, 6.07) is 9.63. The molecule has 0 saturated carbocycles. The predicted molar refractivity (Wildman–Crippen MR) is 123 cm³/mol. The third-order valence-corrected chi connectivity index (χ3v) is 7.18. The van der Waals surface area contributed by atoms with Gasteiger partial charge in [-0.3, -0.25) is 14.9 Å². The van der Waals surface area contributed by atoms with Gasteiger partial charge in [0.05, 0.1) is 12.0 Å². The molecule has 1 aliphatic heterocycles. The molecular formula is C23H24N2O8S. The first kappa shape index (κ1) is 25.1. The van der Waals surface area contributed by atoms with Gasteiger partial charge in [-0.15, -0.1) is 0 Å². The Kier molecular flexibility index (Phi) is 8.13. The van der Waals surface area contributed by atoms with E-state index in [-0.39, 0.29) is 21.9 Å². The quantitative estimate of drug-likeness (QED) is 0.173. The van der Waals surface area contributed by atoms with Crippen molar-refractivity contribution in [3.63, 3.8) is 0 Å². The summed E-state index contributed by atoms with van der Waals surface area (Å²) in [4.78, 5) is 34.4. The topological polar surface area (TPSA) is 133 Å². The van der Waals surface area contributed by atoms with E-state index in [0.29, 0.717) is 18.7 Å². The Balaban J connectivity index is 1.68. The molecule has 1 fully saturated rings. The van der Waals surface area contributed by atoms with Crippen LogP contribution >= 0.6 is 0 Å². The Labute approximate surface area is 197 Å². The highest BCUT2D eigenvalue weighted by molar-refractivity contribution is 7.89. The molecule has 0 aromatic heterocycles. The first-order valence-corrected chi connectivity index (χ1v) is 12.0. The van der Waals surface area contributed by atoms with Crippen molar-refractivity contribution in [3.05, 3.63) is 69.8 Å². The van der Waals surface area contributed by atoms with Gasteiger partial charge in [0.15, 0.2) is 6.61 Å². The molecule has 1 aliphatic rings. The van der Waals surface area contributed by atoms with Gasteiger partial charge in [-0.25, -0.2) is 13.2 Å². The van der Waals surface area contributed by atoms with Crippen LogP contribution in [-0.4, -0.2) is 56.2 Å². The maximum atomic E-state index is 13.1. The Hall–Kier alpha value is -3.57. The lowest BCUT2D eigenvalue weighted by molar-refractivity contribution is -0.384. The molecule has 0 unspecified atom stereocenters. The maximum Gasteiger partial charge on any atom is 0.331 e. The van der Waals surface area contributed by atoms with Crippen LogP contribution in [0.15, 0.2) is 53.4 Å². The molecule has 10 nitrogen and oxygen atoms in total. The van der Waals surface area contributed by atoms with Crippen LogP contribution in [0.25, 0.3) is 6.08 Å². The fraction of sp³-hybridized carbons (Fsp3) is 0.304. The molecule has 0 bridgehead atoms. The molecule has 2 aromatic rings. The number of esters is 1. The van der Waals surface area contributed by atoms with Crippen molar-refractivity contribution in [2.24, 2.45) is 0 Å². The summed E-state index contributed by atoms with van der Waals surface area (Å²) in [7, 11) is -2.38. The SMILES string of the molecule is COc1ccc(/C=C/C(=O)OCC(=O)c2cccc([N+](=O)[O-])c2)cc1S(=O)(=O)N1CCCCC1. The van der Waals surface area contributed by atoms with Crippen LogP contribution in [0.5, 0.6) is 5.75 Å². The zero-order chi connectivity index (χ0) is 24.7. The standard InChI is InChI=1S/C23H24N2O8S/c1-32-21-10-8-17(14-22(21)34(30,31)24-12-3-2-4-13-24)9-11-23(27)33-16-20(26)18-6-5-7-19(15-18)25(28)29/h5-11,14-15H,2-4,12-13,16H2,1H3/b11-9+. The van der Waals surface area contributed by atoms with Crippen LogP contribution in [0.4, 0.5) is 5.69 Å². The van der Waals surface area contributed by atoms with Crippen LogP contribution in [0.2, 0.25) is 0 Å². The number of Topliss-reactive ketones (excluding diaryl/α,β-unsaturated/α-hetero) is 1. The summed E-state index contributed by atoms with van der Waals surface area (Å²) in [5, 5.41) is 10.8. The average molecular weight is 489 g/mol. The van der Waals surface area contributed by atoms with E-state index in [1.165, 1.54) is 47.8 Å². The molecule has 0 atom stereocenters. The third kappa shape index (κ3) is 6.06. The van der Waals surface area contributed by atoms with Crippen molar-refractivity contribution in [1.29, 1.82) is 0 Å². The number of non-ortho nitro benzene ring substituents is 1. The highest BCUT2D eigenvalue weighted by Gasteiger charge is 2.29. The number of methoxy groups -OCH3 is 1. The first-order valence-electron chi connectivity index (χ1n) is 10.5. The van der Waals surface area contributed by atoms with Crippen molar-refractivity contribution in [1.82, 2.24) is 4.31 Å². The summed E-state index contributed by atoms with van der Waals surface area (Å²) in [5.41, 5.74) is 0.235. The van der Waals surface area contributed by atoms with E-state index in [1.54, 1.807) is 6.07 Å². The number of hydrogen-bond acceptors (Lipinski definition) is 8. The zero-order valence-electron chi connectivity index (χ0n) is 18.5. The Morgan fingerprint density at radius 1 is 1.12 bits per heavy atom. The van der Waals surface area contributed by atoms with Gasteiger partial charge < -0.3 is 9.47 Å². The molecule has 180 valence electrons. The van der Waals surface area contributed by atoms with E-state index in [2.05, 4.69) is 0 Å². The number of nitrogens with zero attached hydrogens (tertiary/aromatic N) is 2. The number of sulfonamides is 1. The number of nitro benzene ring substituents is 1. The minimum absolute atomic E-state index is 0.00765. The first-order chi connectivity index (χ1) is 16.2. The molecule has 3 rings (SSSR count). The van der Waals surface area contributed by atoms with Crippen molar-refractivity contribution in [3.8, 4) is 5.75 Å². The Morgan fingerprint density at radius 3 is 2.53 bits per heavy atom. The Bertz CT molecular complexity index is 1220. The minimum Gasteiger partial charge on any atom is -0.495 e. The van der Waals surface area contributed by atoms with Gasteiger partial charge in [0, 0.05) is 36.9 Å². The van der Waals surface area contributed by atoms with Crippen LogP contribution in [0.1, 0.15) is 35.2 Å². The van der Waals surface area contributed by atoms with Crippen LogP contribution in [0.3, 0.4) is 0 Å². The number of piperidine rings is 1. The van der Waals surface area contributed by atoms with Crippen molar-refractivity contribution >= 4 is 33.5 Å². The fourth-order valence-electron chi connectivity index (χ4n) is 3.47. The summed E-state index contributed by atoms with van der Waals surface area (Å²) in [5.74, 6) is -1.22. The molecule has 34 heavy (non-hydrogen) atoms. The van der Waals surface area contributed by atoms with Crippen LogP contribution < -0.4 is 4.74 Å².